The predicted molar refractivity (Wildman–Crippen MR) is 159 cm³/mol. The Balaban J connectivity index is 1.48. The fraction of sp³-hybridized carbons (Fsp3) is 0.914. The highest BCUT2D eigenvalue weighted by Gasteiger charge is 2.94. The maximum atomic E-state index is 14.6. The van der Waals surface area contributed by atoms with E-state index in [-0.39, 0.29) is 36.5 Å². The zero-order chi connectivity index (χ0) is 39.9. The van der Waals surface area contributed by atoms with Gasteiger partial charge in [-0.25, -0.2) is 4.79 Å². The molecule has 3 fully saturated rings. The molecule has 52 heavy (non-hydrogen) atoms. The third-order valence-corrected chi connectivity index (χ3v) is 13.1. The first-order valence-electron chi connectivity index (χ1n) is 17.6. The van der Waals surface area contributed by atoms with Crippen LogP contribution in [0.2, 0.25) is 0 Å². The number of fused-ring (bicyclic) bond motifs is 5. The van der Waals surface area contributed by atoms with Gasteiger partial charge in [-0.3, -0.25) is 0 Å². The van der Waals surface area contributed by atoms with E-state index in [1.165, 1.54) is 0 Å². The summed E-state index contributed by atoms with van der Waals surface area (Å²) in [5.41, 5.74) is 0.194. The molecule has 2 nitrogen and oxygen atoms in total. The molecule has 0 aromatic rings. The average Bonchev–Trinajstić information content (AvgIpc) is 3.37. The molecular formula is C35H45F15O2. The lowest BCUT2D eigenvalue weighted by Crippen LogP contribution is -2.73. The second-order valence-electron chi connectivity index (χ2n) is 16.5. The van der Waals surface area contributed by atoms with Gasteiger partial charge in [-0.1, -0.05) is 65.5 Å². The molecule has 302 valence electrons. The monoisotopic (exact) mass is 782 g/mol. The maximum Gasteiger partial charge on any atom is 0.460 e. The van der Waals surface area contributed by atoms with Crippen LogP contribution in [0, 0.1) is 46.3 Å². The van der Waals surface area contributed by atoms with Crippen LogP contribution in [0.1, 0.15) is 105 Å². The van der Waals surface area contributed by atoms with Crippen LogP contribution in [0.4, 0.5) is 65.9 Å². The van der Waals surface area contributed by atoms with Gasteiger partial charge in [0.25, 0.3) is 0 Å². The summed E-state index contributed by atoms with van der Waals surface area (Å²) >= 11 is 0. The molecule has 0 N–H and O–H groups in total. The number of ether oxygens (including phenoxy) is 1. The van der Waals surface area contributed by atoms with Crippen LogP contribution in [0.25, 0.3) is 0 Å². The number of allylic oxidation sites excluding steroid dienone is 1. The molecule has 0 unspecified atom stereocenters. The molecule has 3 saturated carbocycles. The van der Waals surface area contributed by atoms with Crippen LogP contribution in [-0.4, -0.2) is 53.8 Å². The predicted octanol–water partition coefficient (Wildman–Crippen LogP) is 12.3. The summed E-state index contributed by atoms with van der Waals surface area (Å²) in [4.78, 5) is 12.2. The maximum absolute atomic E-state index is 14.6. The highest BCUT2D eigenvalue weighted by atomic mass is 19.4. The van der Waals surface area contributed by atoms with Crippen LogP contribution in [0.3, 0.4) is 0 Å². The molecule has 0 aliphatic heterocycles. The number of carbonyl (C=O) groups excluding carboxylic acids is 1. The van der Waals surface area contributed by atoms with Crippen molar-refractivity contribution in [3.05, 3.63) is 11.6 Å². The Kier molecular flexibility index (Phi) is 11.1. The van der Waals surface area contributed by atoms with Gasteiger partial charge in [-0.05, 0) is 91.3 Å². The standard InChI is InChI=1S/C35H45F15O2/c1-18(2)7-6-8-19(3)23-11-12-24-22-10-9-20-17-21(13-15-27(20,4)25(22)14-16-28(23,24)5)52-26(51)29(36,37)30(38,39)31(40,41)32(42,43)33(44,45)34(46,47)35(48,49)50/h9,18-19,21-25H,6-8,10-17H2,1-5H3/t19-,21+,22+,23-,24+,25+,27+,28-/m1/s1. The molecule has 4 aliphatic rings. The van der Waals surface area contributed by atoms with Gasteiger partial charge < -0.3 is 4.74 Å². The Morgan fingerprint density at radius 2 is 1.29 bits per heavy atom. The number of esters is 1. The first-order chi connectivity index (χ1) is 23.4. The molecule has 4 aliphatic carbocycles. The Bertz CT molecular complexity index is 1360. The third-order valence-electron chi connectivity index (χ3n) is 13.1. The van der Waals surface area contributed by atoms with Crippen molar-refractivity contribution in [1.82, 2.24) is 0 Å². The lowest BCUT2D eigenvalue weighted by molar-refractivity contribution is -0.450. The molecule has 17 heteroatoms. The minimum absolute atomic E-state index is 0.106. The van der Waals surface area contributed by atoms with Gasteiger partial charge >= 0.3 is 47.7 Å². The molecule has 0 heterocycles. The normalized spacial score (nSPS) is 32.9. The van der Waals surface area contributed by atoms with Crippen molar-refractivity contribution in [3.8, 4) is 0 Å². The van der Waals surface area contributed by atoms with E-state index in [1.807, 2.05) is 13.0 Å². The van der Waals surface area contributed by atoms with Gasteiger partial charge in [0.15, 0.2) is 0 Å². The number of alkyl halides is 15. The van der Waals surface area contributed by atoms with Gasteiger partial charge in [0.2, 0.25) is 0 Å². The zero-order valence-corrected chi connectivity index (χ0v) is 29.4. The fourth-order valence-electron chi connectivity index (χ4n) is 10.1. The lowest BCUT2D eigenvalue weighted by Gasteiger charge is -2.58. The fourth-order valence-corrected chi connectivity index (χ4v) is 10.1. The van der Waals surface area contributed by atoms with Crippen molar-refractivity contribution < 1.29 is 75.4 Å². The van der Waals surface area contributed by atoms with Gasteiger partial charge in [-0.2, -0.15) is 65.9 Å². The van der Waals surface area contributed by atoms with E-state index < -0.39 is 59.2 Å². The molecule has 0 radical (unpaired) electrons. The first-order valence-corrected chi connectivity index (χ1v) is 17.6. The molecule has 4 rings (SSSR count). The topological polar surface area (TPSA) is 26.3 Å². The van der Waals surface area contributed by atoms with Crippen molar-refractivity contribution in [1.29, 1.82) is 0 Å². The van der Waals surface area contributed by atoms with Crippen molar-refractivity contribution in [2.24, 2.45) is 46.3 Å². The molecule has 0 spiro atoms. The van der Waals surface area contributed by atoms with E-state index in [4.69, 9.17) is 0 Å². The molecule has 8 atom stereocenters. The van der Waals surface area contributed by atoms with E-state index in [0.717, 1.165) is 44.9 Å². The van der Waals surface area contributed by atoms with Crippen molar-refractivity contribution >= 4 is 5.97 Å². The van der Waals surface area contributed by atoms with Gasteiger partial charge in [0.05, 0.1) is 0 Å². The van der Waals surface area contributed by atoms with Crippen molar-refractivity contribution in [2.75, 3.05) is 0 Å². The minimum atomic E-state index is -8.45. The number of halogens is 15. The van der Waals surface area contributed by atoms with Gasteiger partial charge in [-0.15, -0.1) is 0 Å². The van der Waals surface area contributed by atoms with Crippen LogP contribution in [0.15, 0.2) is 11.6 Å². The summed E-state index contributed by atoms with van der Waals surface area (Å²) in [6, 6.07) is 0. The number of rotatable bonds is 12. The summed E-state index contributed by atoms with van der Waals surface area (Å²) in [5, 5.41) is 0. The van der Waals surface area contributed by atoms with E-state index in [9.17, 15) is 70.7 Å². The molecular weight excluding hydrogens is 737 g/mol. The Labute approximate surface area is 292 Å². The molecule has 0 amide bonds. The molecule has 0 saturated heterocycles. The summed E-state index contributed by atoms with van der Waals surface area (Å²) in [5.74, 6) is -49.3. The number of hydrogen-bond acceptors (Lipinski definition) is 2. The quantitative estimate of drug-likeness (QED) is 0.112. The first kappa shape index (κ1) is 42.9. The Morgan fingerprint density at radius 3 is 1.85 bits per heavy atom. The molecule has 0 aromatic heterocycles. The summed E-state index contributed by atoms with van der Waals surface area (Å²) < 4.78 is 209. The Morgan fingerprint density at radius 1 is 0.731 bits per heavy atom. The summed E-state index contributed by atoms with van der Waals surface area (Å²) in [6.45, 7) is 11.0. The largest absolute Gasteiger partial charge is 0.460 e. The van der Waals surface area contributed by atoms with Gasteiger partial charge in [0, 0.05) is 6.42 Å². The van der Waals surface area contributed by atoms with Crippen LogP contribution in [0.5, 0.6) is 0 Å². The number of hydrogen-bond donors (Lipinski definition) is 0. The molecule has 0 bridgehead atoms. The smallest absolute Gasteiger partial charge is 0.457 e. The second-order valence-corrected chi connectivity index (χ2v) is 16.5. The SMILES string of the molecule is CC(C)CCC[C@@H](C)[C@H]1CC[C@H]2[C@@H]3CC=C4C[C@@H](OC(=O)C(F)(F)C(F)(F)C(F)(F)C(F)(F)C(F)(F)C(F)(F)C(F)(F)F)CC[C@]4(C)[C@H]3CC[C@]12C. The second kappa shape index (κ2) is 13.4. The van der Waals surface area contributed by atoms with Crippen LogP contribution >= 0.6 is 0 Å². The van der Waals surface area contributed by atoms with Crippen molar-refractivity contribution in [3.63, 3.8) is 0 Å². The van der Waals surface area contributed by atoms with E-state index in [0.29, 0.717) is 35.7 Å². The van der Waals surface area contributed by atoms with E-state index in [2.05, 4.69) is 32.4 Å². The summed E-state index contributed by atoms with van der Waals surface area (Å²) in [7, 11) is 0. The third kappa shape index (κ3) is 6.32. The highest BCUT2D eigenvalue weighted by Crippen LogP contribution is 2.68. The average molecular weight is 783 g/mol. The van der Waals surface area contributed by atoms with Gasteiger partial charge in [0.1, 0.15) is 6.10 Å². The number of carbonyl (C=O) groups is 1. The lowest BCUT2D eigenvalue weighted by atomic mass is 9.47. The van der Waals surface area contributed by atoms with Crippen LogP contribution < -0.4 is 0 Å². The van der Waals surface area contributed by atoms with Crippen LogP contribution in [-0.2, 0) is 9.53 Å². The van der Waals surface area contributed by atoms with E-state index in [1.54, 1.807) is 0 Å². The van der Waals surface area contributed by atoms with Crippen molar-refractivity contribution in [2.45, 2.75) is 153 Å². The van der Waals surface area contributed by atoms with E-state index >= 15 is 0 Å². The highest BCUT2D eigenvalue weighted by molar-refractivity contribution is 5.79. The summed E-state index contributed by atoms with van der Waals surface area (Å²) in [6.07, 6.45) is -0.0303. The minimum Gasteiger partial charge on any atom is -0.457 e. The zero-order valence-electron chi connectivity index (χ0n) is 29.4. The molecule has 0 aromatic carbocycles. The Hall–Kier alpha value is -1.84.